The van der Waals surface area contributed by atoms with E-state index in [0.717, 1.165) is 29.3 Å². The number of alkyl halides is 3. The van der Waals surface area contributed by atoms with Gasteiger partial charge in [0, 0.05) is 37.1 Å². The molecule has 3 aromatic rings. The van der Waals surface area contributed by atoms with Crippen molar-refractivity contribution in [3.05, 3.63) is 40.6 Å². The van der Waals surface area contributed by atoms with Crippen LogP contribution < -0.4 is 15.0 Å². The van der Waals surface area contributed by atoms with Crippen molar-refractivity contribution < 1.29 is 27.4 Å². The number of ether oxygens (including phenoxy) is 2. The van der Waals surface area contributed by atoms with Gasteiger partial charge >= 0.3 is 12.4 Å². The van der Waals surface area contributed by atoms with Crippen molar-refractivity contribution in [3.63, 3.8) is 0 Å². The van der Waals surface area contributed by atoms with Gasteiger partial charge in [-0.1, -0.05) is 17.4 Å². The molecule has 0 aliphatic carbocycles. The smallest absolute Gasteiger partial charge is 0.406 e. The lowest BCUT2D eigenvalue weighted by Gasteiger charge is -2.29. The molecule has 3 heterocycles. The number of thiophene rings is 1. The number of amides is 2. The quantitative estimate of drug-likeness (QED) is 0.539. The van der Waals surface area contributed by atoms with E-state index in [2.05, 4.69) is 19.9 Å². The number of nitrogens with one attached hydrogen (secondary N) is 1. The molecule has 1 aliphatic heterocycles. The number of aromatic nitrogens is 1. The second-order valence-electron chi connectivity index (χ2n) is 7.02. The van der Waals surface area contributed by atoms with E-state index in [1.54, 1.807) is 11.3 Å². The highest BCUT2D eigenvalue weighted by Gasteiger charge is 2.31. The van der Waals surface area contributed by atoms with Gasteiger partial charge in [0.15, 0.2) is 5.13 Å². The predicted octanol–water partition coefficient (Wildman–Crippen LogP) is 4.30. The summed E-state index contributed by atoms with van der Waals surface area (Å²) in [5, 5.41) is 5.26. The minimum Gasteiger partial charge on any atom is -0.406 e. The molecule has 32 heavy (non-hydrogen) atoms. The lowest BCUT2D eigenvalue weighted by Crippen LogP contribution is -2.46. The fourth-order valence-electron chi connectivity index (χ4n) is 3.23. The molecule has 1 saturated heterocycles. The number of rotatable bonds is 7. The van der Waals surface area contributed by atoms with Gasteiger partial charge in [-0.2, -0.15) is 0 Å². The maximum Gasteiger partial charge on any atom is 0.573 e. The van der Waals surface area contributed by atoms with E-state index in [1.807, 2.05) is 17.5 Å². The molecule has 0 atom stereocenters. The predicted molar refractivity (Wildman–Crippen MR) is 117 cm³/mol. The van der Waals surface area contributed by atoms with Crippen LogP contribution >= 0.6 is 22.7 Å². The number of fused-ring (bicyclic) bond motifs is 1. The summed E-state index contributed by atoms with van der Waals surface area (Å²) < 4.78 is 47.5. The second kappa shape index (κ2) is 10.0. The molecule has 0 saturated carbocycles. The van der Waals surface area contributed by atoms with Crippen LogP contribution in [0.1, 0.15) is 4.88 Å². The fourth-order valence-corrected chi connectivity index (χ4v) is 4.89. The van der Waals surface area contributed by atoms with Crippen LogP contribution in [0, 0.1) is 0 Å². The summed E-state index contributed by atoms with van der Waals surface area (Å²) >= 11 is 2.69. The zero-order chi connectivity index (χ0) is 22.6. The highest BCUT2D eigenvalue weighted by molar-refractivity contribution is 7.22. The maximum atomic E-state index is 13.0. The van der Waals surface area contributed by atoms with Gasteiger partial charge in [-0.05, 0) is 23.6 Å². The average Bonchev–Trinajstić information content (AvgIpc) is 3.41. The van der Waals surface area contributed by atoms with Crippen LogP contribution in [0.3, 0.4) is 0 Å². The van der Waals surface area contributed by atoms with Crippen molar-refractivity contribution in [1.29, 1.82) is 0 Å². The topological polar surface area (TPSA) is 66.9 Å². The largest absolute Gasteiger partial charge is 0.573 e. The van der Waals surface area contributed by atoms with Gasteiger partial charge in [-0.25, -0.2) is 9.78 Å². The molecule has 12 heteroatoms. The van der Waals surface area contributed by atoms with E-state index in [1.165, 1.54) is 23.1 Å². The molecule has 0 bridgehead atoms. The van der Waals surface area contributed by atoms with E-state index in [0.29, 0.717) is 48.2 Å². The second-order valence-corrected chi connectivity index (χ2v) is 9.06. The molecule has 1 N–H and O–H groups in total. The third-order valence-corrected chi connectivity index (χ3v) is 6.71. The monoisotopic (exact) mass is 486 g/mol. The van der Waals surface area contributed by atoms with Crippen molar-refractivity contribution in [2.75, 3.05) is 44.3 Å². The molecule has 1 aliphatic rings. The molecular weight excluding hydrogens is 465 g/mol. The van der Waals surface area contributed by atoms with Crippen molar-refractivity contribution in [2.45, 2.75) is 12.9 Å². The first-order chi connectivity index (χ1) is 15.4. The van der Waals surface area contributed by atoms with Gasteiger partial charge < -0.3 is 14.8 Å². The highest BCUT2D eigenvalue weighted by Crippen LogP contribution is 2.33. The van der Waals surface area contributed by atoms with Crippen LogP contribution in [0.2, 0.25) is 0 Å². The number of halogens is 3. The first-order valence-electron chi connectivity index (χ1n) is 9.91. The number of urea groups is 1. The molecular formula is C20H21F3N4O3S2. The Morgan fingerprint density at radius 1 is 1.28 bits per heavy atom. The zero-order valence-electron chi connectivity index (χ0n) is 16.9. The standard InChI is InChI=1S/C20H21F3N4O3S2/c21-20(22,23)30-14-3-4-16-17(12-14)32-19(25-16)27(6-5-26-7-9-29-10-8-26)18(28)24-13-15-2-1-11-31-15/h1-4,11-12H,5-10,13H2,(H,24,28). The summed E-state index contributed by atoms with van der Waals surface area (Å²) in [6.45, 7) is 4.27. The van der Waals surface area contributed by atoms with Crippen LogP contribution in [-0.2, 0) is 11.3 Å². The summed E-state index contributed by atoms with van der Waals surface area (Å²) in [6, 6.07) is 7.50. The van der Waals surface area contributed by atoms with E-state index in [4.69, 9.17) is 4.74 Å². The number of hydrogen-bond acceptors (Lipinski definition) is 7. The van der Waals surface area contributed by atoms with Crippen LogP contribution in [0.4, 0.5) is 23.1 Å². The highest BCUT2D eigenvalue weighted by atomic mass is 32.1. The van der Waals surface area contributed by atoms with Gasteiger partial charge in [0.05, 0.1) is 30.0 Å². The molecule has 2 aromatic heterocycles. The Bertz CT molecular complexity index is 1040. The first kappa shape index (κ1) is 22.8. The molecule has 0 unspecified atom stereocenters. The van der Waals surface area contributed by atoms with E-state index >= 15 is 0 Å². The molecule has 1 aromatic carbocycles. The molecule has 7 nitrogen and oxygen atoms in total. The third kappa shape index (κ3) is 6.09. The number of carbonyl (C=O) groups is 1. The van der Waals surface area contributed by atoms with Gasteiger partial charge in [0.25, 0.3) is 0 Å². The van der Waals surface area contributed by atoms with E-state index in [9.17, 15) is 18.0 Å². The maximum absolute atomic E-state index is 13.0. The molecule has 0 spiro atoms. The summed E-state index contributed by atoms with van der Waals surface area (Å²) in [7, 11) is 0. The fraction of sp³-hybridized carbons (Fsp3) is 0.400. The number of nitrogens with zero attached hydrogens (tertiary/aromatic N) is 3. The molecule has 4 rings (SSSR count). The Morgan fingerprint density at radius 3 is 2.81 bits per heavy atom. The van der Waals surface area contributed by atoms with Gasteiger partial charge in [0.1, 0.15) is 5.75 Å². The lowest BCUT2D eigenvalue weighted by molar-refractivity contribution is -0.274. The molecule has 172 valence electrons. The number of morpholine rings is 1. The van der Waals surface area contributed by atoms with Gasteiger partial charge in [-0.15, -0.1) is 24.5 Å². The molecule has 2 amide bonds. The summed E-state index contributed by atoms with van der Waals surface area (Å²) in [5.41, 5.74) is 0.502. The number of anilines is 1. The Labute approximate surface area is 190 Å². The summed E-state index contributed by atoms with van der Waals surface area (Å²) in [5.74, 6) is -0.317. The first-order valence-corrected chi connectivity index (χ1v) is 11.6. The minimum absolute atomic E-state index is 0.308. The van der Waals surface area contributed by atoms with Gasteiger partial charge in [-0.3, -0.25) is 9.80 Å². The summed E-state index contributed by atoms with van der Waals surface area (Å²) in [6.07, 6.45) is -4.77. The number of benzene rings is 1. The SMILES string of the molecule is O=C(NCc1cccs1)N(CCN1CCOCC1)c1nc2ccc(OC(F)(F)F)cc2s1. The number of hydrogen-bond donors (Lipinski definition) is 1. The Kier molecular flexibility index (Phi) is 7.13. The van der Waals surface area contributed by atoms with Crippen molar-refractivity contribution in [1.82, 2.24) is 15.2 Å². The van der Waals surface area contributed by atoms with Gasteiger partial charge in [0.2, 0.25) is 0 Å². The Hall–Kier alpha value is -2.41. The van der Waals surface area contributed by atoms with Crippen molar-refractivity contribution in [2.24, 2.45) is 0 Å². The third-order valence-electron chi connectivity index (χ3n) is 4.80. The average molecular weight is 487 g/mol. The Balaban J connectivity index is 1.52. The minimum atomic E-state index is -4.77. The number of carbonyl (C=O) groups excluding carboxylic acids is 1. The lowest BCUT2D eigenvalue weighted by atomic mass is 10.3. The van der Waals surface area contributed by atoms with Crippen molar-refractivity contribution >= 4 is 44.1 Å². The van der Waals surface area contributed by atoms with E-state index in [-0.39, 0.29) is 11.8 Å². The molecule has 0 radical (unpaired) electrons. The normalized spacial score (nSPS) is 15.1. The van der Waals surface area contributed by atoms with Crippen LogP contribution in [0.25, 0.3) is 10.2 Å². The zero-order valence-corrected chi connectivity index (χ0v) is 18.6. The molecule has 1 fully saturated rings. The summed E-state index contributed by atoms with van der Waals surface area (Å²) in [4.78, 5) is 22.3. The number of thiazole rings is 1. The van der Waals surface area contributed by atoms with Crippen molar-refractivity contribution in [3.8, 4) is 5.75 Å². The Morgan fingerprint density at radius 2 is 2.09 bits per heavy atom. The van der Waals surface area contributed by atoms with Crippen LogP contribution in [-0.4, -0.2) is 61.7 Å². The van der Waals surface area contributed by atoms with Crippen LogP contribution in [0.15, 0.2) is 35.7 Å². The van der Waals surface area contributed by atoms with Crippen LogP contribution in [0.5, 0.6) is 5.75 Å². The van der Waals surface area contributed by atoms with E-state index < -0.39 is 6.36 Å².